The Hall–Kier alpha value is -0.880. The van der Waals surface area contributed by atoms with Gasteiger partial charge in [0.05, 0.1) is 5.75 Å². The molecule has 0 saturated heterocycles. The summed E-state index contributed by atoms with van der Waals surface area (Å²) >= 11 is 1.75. The first-order chi connectivity index (χ1) is 12.3. The number of sulfone groups is 1. The van der Waals surface area contributed by atoms with Gasteiger partial charge in [-0.2, -0.15) is 0 Å². The third kappa shape index (κ3) is 8.34. The monoisotopic (exact) mass is 528 g/mol. The van der Waals surface area contributed by atoms with Crippen molar-refractivity contribution in [1.29, 1.82) is 0 Å². The van der Waals surface area contributed by atoms with Gasteiger partial charge >= 0.3 is 0 Å². The number of amides is 1. The van der Waals surface area contributed by atoms with Crippen LogP contribution in [0.2, 0.25) is 0 Å². The van der Waals surface area contributed by atoms with Crippen molar-refractivity contribution in [3.8, 4) is 0 Å². The average Bonchev–Trinajstić information content (AvgIpc) is 3.04. The van der Waals surface area contributed by atoms with Crippen LogP contribution in [-0.2, 0) is 27.6 Å². The number of fused-ring (bicyclic) bond motifs is 1. The third-order valence-corrected chi connectivity index (χ3v) is 6.18. The molecule has 0 aliphatic carbocycles. The summed E-state index contributed by atoms with van der Waals surface area (Å²) in [7, 11) is -2.99. The van der Waals surface area contributed by atoms with E-state index in [1.54, 1.807) is 11.3 Å². The van der Waals surface area contributed by atoms with Gasteiger partial charge < -0.3 is 15.5 Å². The van der Waals surface area contributed by atoms with E-state index in [2.05, 4.69) is 27.1 Å². The molecule has 0 bridgehead atoms. The largest absolute Gasteiger partial charge is 0.357 e. The van der Waals surface area contributed by atoms with Crippen LogP contribution in [0.1, 0.15) is 30.7 Å². The Morgan fingerprint density at radius 2 is 2.19 bits per heavy atom. The van der Waals surface area contributed by atoms with Crippen molar-refractivity contribution in [3.05, 3.63) is 21.9 Å². The van der Waals surface area contributed by atoms with Gasteiger partial charge in [-0.05, 0) is 43.7 Å². The van der Waals surface area contributed by atoms with Gasteiger partial charge in [-0.1, -0.05) is 0 Å². The number of rotatable bonds is 7. The summed E-state index contributed by atoms with van der Waals surface area (Å²) in [5.74, 6) is 0.661. The molecule has 0 radical (unpaired) electrons. The molecule has 7 nitrogen and oxygen atoms in total. The summed E-state index contributed by atoms with van der Waals surface area (Å²) in [5.41, 5.74) is 1.23. The molecule has 2 heterocycles. The smallest absolute Gasteiger partial charge is 0.244 e. The number of halogens is 1. The van der Waals surface area contributed by atoms with Crippen LogP contribution in [-0.4, -0.2) is 62.9 Å². The molecule has 10 heteroatoms. The lowest BCUT2D eigenvalue weighted by atomic mass is 10.1. The number of aliphatic imine (C=N–C) groups is 1. The summed E-state index contributed by atoms with van der Waals surface area (Å²) in [6.07, 6.45) is 2.63. The second kappa shape index (κ2) is 11.2. The van der Waals surface area contributed by atoms with Gasteiger partial charge in [0.1, 0.15) is 16.4 Å². The summed E-state index contributed by atoms with van der Waals surface area (Å²) in [6.45, 7) is 5.98. The van der Waals surface area contributed by atoms with Gasteiger partial charge in [-0.25, -0.2) is 13.4 Å². The van der Waals surface area contributed by atoms with Gasteiger partial charge in [-0.3, -0.25) is 4.79 Å². The normalized spacial score (nSPS) is 15.5. The number of hydrogen-bond acceptors (Lipinski definition) is 5. The second-order valence-electron chi connectivity index (χ2n) is 6.59. The van der Waals surface area contributed by atoms with Gasteiger partial charge in [0.15, 0.2) is 5.96 Å². The quantitative estimate of drug-likeness (QED) is 0.319. The number of guanidine groups is 1. The Morgan fingerprint density at radius 1 is 1.44 bits per heavy atom. The van der Waals surface area contributed by atoms with Crippen molar-refractivity contribution in [2.45, 2.75) is 39.3 Å². The molecule has 1 atom stereocenters. The van der Waals surface area contributed by atoms with Crippen molar-refractivity contribution < 1.29 is 13.2 Å². The zero-order valence-electron chi connectivity index (χ0n) is 16.0. The molecule has 1 aromatic heterocycles. The van der Waals surface area contributed by atoms with Crippen LogP contribution in [0.25, 0.3) is 0 Å². The minimum Gasteiger partial charge on any atom is -0.357 e. The Bertz CT molecular complexity index is 749. The Labute approximate surface area is 182 Å². The molecular weight excluding hydrogens is 499 g/mol. The van der Waals surface area contributed by atoms with Crippen LogP contribution in [0, 0.1) is 0 Å². The van der Waals surface area contributed by atoms with Crippen LogP contribution >= 0.6 is 35.3 Å². The first kappa shape index (κ1) is 24.2. The molecule has 1 aliphatic rings. The number of carbonyl (C=O) groups excluding carboxylic acids is 1. The fraction of sp³-hybridized carbons (Fsp3) is 0.647. The van der Waals surface area contributed by atoms with Gasteiger partial charge in [0.25, 0.3) is 0 Å². The van der Waals surface area contributed by atoms with E-state index >= 15 is 0 Å². The lowest BCUT2D eigenvalue weighted by Gasteiger charge is -2.26. The number of thiophene rings is 1. The van der Waals surface area contributed by atoms with Gasteiger partial charge in [0.2, 0.25) is 5.91 Å². The number of nitrogens with zero attached hydrogens (tertiary/aromatic N) is 2. The Balaban J connectivity index is 0.00000364. The Morgan fingerprint density at radius 3 is 2.85 bits per heavy atom. The fourth-order valence-electron chi connectivity index (χ4n) is 2.72. The lowest BCUT2D eigenvalue weighted by molar-refractivity contribution is -0.130. The maximum atomic E-state index is 12.5. The zero-order valence-corrected chi connectivity index (χ0v) is 20.0. The molecule has 2 rings (SSSR count). The highest BCUT2D eigenvalue weighted by molar-refractivity contribution is 14.0. The van der Waals surface area contributed by atoms with E-state index in [0.29, 0.717) is 25.5 Å². The molecule has 1 amide bonds. The van der Waals surface area contributed by atoms with Gasteiger partial charge in [-0.15, -0.1) is 35.3 Å². The SMILES string of the molecule is CCNC(=NCC(=O)N1CCc2sccc2C1)NC(C)CCS(C)(=O)=O.I. The molecule has 0 saturated carbocycles. The summed E-state index contributed by atoms with van der Waals surface area (Å²) in [5, 5.41) is 8.34. The highest BCUT2D eigenvalue weighted by Crippen LogP contribution is 2.23. The first-order valence-electron chi connectivity index (χ1n) is 8.84. The molecule has 0 spiro atoms. The van der Waals surface area contributed by atoms with E-state index in [0.717, 1.165) is 13.0 Å². The lowest BCUT2D eigenvalue weighted by Crippen LogP contribution is -2.44. The first-order valence-corrected chi connectivity index (χ1v) is 11.8. The van der Waals surface area contributed by atoms with Crippen LogP contribution in [0.4, 0.5) is 0 Å². The summed E-state index contributed by atoms with van der Waals surface area (Å²) < 4.78 is 22.6. The van der Waals surface area contributed by atoms with E-state index in [4.69, 9.17) is 0 Å². The number of carbonyl (C=O) groups is 1. The predicted molar refractivity (Wildman–Crippen MR) is 122 cm³/mol. The average molecular weight is 528 g/mol. The molecule has 1 aliphatic heterocycles. The maximum absolute atomic E-state index is 12.5. The highest BCUT2D eigenvalue weighted by atomic mass is 127. The van der Waals surface area contributed by atoms with Crippen molar-refractivity contribution in [1.82, 2.24) is 15.5 Å². The van der Waals surface area contributed by atoms with Crippen molar-refractivity contribution in [2.75, 3.05) is 31.6 Å². The molecule has 2 N–H and O–H groups in total. The second-order valence-corrected chi connectivity index (χ2v) is 9.85. The third-order valence-electron chi connectivity index (χ3n) is 4.18. The summed E-state index contributed by atoms with van der Waals surface area (Å²) in [4.78, 5) is 20.1. The van der Waals surface area contributed by atoms with Crippen LogP contribution in [0.5, 0.6) is 0 Å². The van der Waals surface area contributed by atoms with Gasteiger partial charge in [0, 0.05) is 36.8 Å². The molecule has 1 unspecified atom stereocenters. The van der Waals surface area contributed by atoms with E-state index in [1.165, 1.54) is 16.7 Å². The molecule has 0 fully saturated rings. The standard InChI is InChI=1S/C17H28N4O3S2.HI/c1-4-18-17(20-13(2)7-10-26(3,23)24)19-11-16(22)21-8-5-15-14(12-21)6-9-25-15;/h6,9,13H,4-5,7-8,10-12H2,1-3H3,(H2,18,19,20);1H. The topological polar surface area (TPSA) is 90.9 Å². The zero-order chi connectivity index (χ0) is 19.2. The fourth-order valence-corrected chi connectivity index (χ4v) is 4.40. The predicted octanol–water partition coefficient (Wildman–Crippen LogP) is 1.63. The van der Waals surface area contributed by atoms with Crippen molar-refractivity contribution in [3.63, 3.8) is 0 Å². The van der Waals surface area contributed by atoms with E-state index < -0.39 is 9.84 Å². The number of nitrogens with one attached hydrogen (secondary N) is 2. The van der Waals surface area contributed by atoms with Crippen molar-refractivity contribution in [2.24, 2.45) is 4.99 Å². The van der Waals surface area contributed by atoms with Crippen LogP contribution in [0.3, 0.4) is 0 Å². The molecule has 0 aromatic carbocycles. The minimum atomic E-state index is -2.99. The minimum absolute atomic E-state index is 0. The molecular formula is C17H29IN4O3S2. The molecule has 154 valence electrons. The maximum Gasteiger partial charge on any atom is 0.244 e. The van der Waals surface area contributed by atoms with E-state index in [-0.39, 0.29) is 48.2 Å². The summed E-state index contributed by atoms with van der Waals surface area (Å²) in [6, 6.07) is 2.03. The molecule has 27 heavy (non-hydrogen) atoms. The highest BCUT2D eigenvalue weighted by Gasteiger charge is 2.21. The van der Waals surface area contributed by atoms with Crippen LogP contribution < -0.4 is 10.6 Å². The van der Waals surface area contributed by atoms with Crippen molar-refractivity contribution >= 4 is 57.0 Å². The molecule has 1 aromatic rings. The number of hydrogen-bond donors (Lipinski definition) is 2. The van der Waals surface area contributed by atoms with E-state index in [1.807, 2.05) is 18.7 Å². The Kier molecular flexibility index (Phi) is 10.0. The van der Waals surface area contributed by atoms with E-state index in [9.17, 15) is 13.2 Å². The van der Waals surface area contributed by atoms with Crippen LogP contribution in [0.15, 0.2) is 16.4 Å².